The van der Waals surface area contributed by atoms with E-state index in [2.05, 4.69) is 0 Å². The van der Waals surface area contributed by atoms with Gasteiger partial charge in [-0.05, 0) is 42.0 Å². The molecule has 0 aliphatic carbocycles. The van der Waals surface area contributed by atoms with Crippen molar-refractivity contribution >= 4 is 16.0 Å². The molecule has 2 N–H and O–H groups in total. The zero-order chi connectivity index (χ0) is 18.3. The molecule has 0 spiro atoms. The van der Waals surface area contributed by atoms with E-state index in [9.17, 15) is 13.2 Å². The number of primary sulfonamides is 1. The van der Waals surface area contributed by atoms with Crippen molar-refractivity contribution in [2.24, 2.45) is 5.14 Å². The van der Waals surface area contributed by atoms with Gasteiger partial charge in [-0.1, -0.05) is 12.1 Å². The van der Waals surface area contributed by atoms with Gasteiger partial charge in [0, 0.05) is 0 Å². The lowest BCUT2D eigenvalue weighted by atomic mass is 10.1. The van der Waals surface area contributed by atoms with Crippen LogP contribution < -0.4 is 14.6 Å². The molecular weight excluding hydrogens is 346 g/mol. The van der Waals surface area contributed by atoms with Crippen LogP contribution >= 0.6 is 0 Å². The minimum Gasteiger partial charge on any atom is -0.497 e. The van der Waals surface area contributed by atoms with Crippen molar-refractivity contribution in [2.75, 3.05) is 20.3 Å². The zero-order valence-corrected chi connectivity index (χ0v) is 14.5. The highest BCUT2D eigenvalue weighted by Crippen LogP contribution is 2.15. The standard InChI is InChI=1S/C17H19NO6S/c1-22-14-4-2-13(3-5-14)12-17(19)24-11-10-23-15-6-8-16(9-7-15)25(18,20)21/h2-9H,10-12H2,1H3,(H2,18,20,21). The predicted molar refractivity (Wildman–Crippen MR) is 91.0 cm³/mol. The summed E-state index contributed by atoms with van der Waals surface area (Å²) in [5.41, 5.74) is 0.824. The van der Waals surface area contributed by atoms with Gasteiger partial charge in [0.15, 0.2) is 0 Å². The molecule has 0 radical (unpaired) electrons. The molecule has 2 aromatic rings. The van der Waals surface area contributed by atoms with Gasteiger partial charge in [-0.3, -0.25) is 4.79 Å². The van der Waals surface area contributed by atoms with E-state index in [1.54, 1.807) is 31.4 Å². The summed E-state index contributed by atoms with van der Waals surface area (Å²) in [6.07, 6.45) is 0.160. The molecule has 0 heterocycles. The normalized spacial score (nSPS) is 11.0. The van der Waals surface area contributed by atoms with Crippen LogP contribution in [0.5, 0.6) is 11.5 Å². The summed E-state index contributed by atoms with van der Waals surface area (Å²) in [7, 11) is -2.15. The number of nitrogens with two attached hydrogens (primary N) is 1. The molecule has 0 amide bonds. The van der Waals surface area contributed by atoms with Gasteiger partial charge in [-0.2, -0.15) is 0 Å². The second kappa shape index (κ2) is 8.50. The maximum atomic E-state index is 11.7. The van der Waals surface area contributed by atoms with E-state index in [4.69, 9.17) is 19.3 Å². The molecule has 7 nitrogen and oxygen atoms in total. The molecular formula is C17H19NO6S. The molecule has 0 aromatic heterocycles. The van der Waals surface area contributed by atoms with Crippen LogP contribution in [-0.2, 0) is 26.0 Å². The number of hydrogen-bond donors (Lipinski definition) is 1. The number of sulfonamides is 1. The SMILES string of the molecule is COc1ccc(CC(=O)OCCOc2ccc(S(N)(=O)=O)cc2)cc1. The fourth-order valence-corrected chi connectivity index (χ4v) is 2.52. The van der Waals surface area contributed by atoms with Gasteiger partial charge in [0.05, 0.1) is 18.4 Å². The Bertz CT molecular complexity index is 800. The van der Waals surface area contributed by atoms with Crippen molar-refractivity contribution in [1.29, 1.82) is 0 Å². The summed E-state index contributed by atoms with van der Waals surface area (Å²) in [6, 6.07) is 12.8. The number of ether oxygens (including phenoxy) is 3. The van der Waals surface area contributed by atoms with E-state index in [1.807, 2.05) is 0 Å². The summed E-state index contributed by atoms with van der Waals surface area (Å²) in [5, 5.41) is 5.01. The Morgan fingerprint density at radius 1 is 0.960 bits per heavy atom. The summed E-state index contributed by atoms with van der Waals surface area (Å²) in [5.74, 6) is 0.816. The number of methoxy groups -OCH3 is 1. The highest BCUT2D eigenvalue weighted by atomic mass is 32.2. The van der Waals surface area contributed by atoms with Crippen molar-refractivity contribution < 1.29 is 27.4 Å². The lowest BCUT2D eigenvalue weighted by Gasteiger charge is -2.08. The maximum Gasteiger partial charge on any atom is 0.310 e. The Kier molecular flexibility index (Phi) is 6.37. The van der Waals surface area contributed by atoms with Gasteiger partial charge >= 0.3 is 5.97 Å². The second-order valence-corrected chi connectivity index (χ2v) is 6.67. The summed E-state index contributed by atoms with van der Waals surface area (Å²) < 4.78 is 37.8. The lowest BCUT2D eigenvalue weighted by molar-refractivity contribution is -0.143. The number of carbonyl (C=O) groups excluding carboxylic acids is 1. The third kappa shape index (κ3) is 6.09. The molecule has 25 heavy (non-hydrogen) atoms. The van der Waals surface area contributed by atoms with Gasteiger partial charge in [0.25, 0.3) is 0 Å². The van der Waals surface area contributed by atoms with Gasteiger partial charge in [0.1, 0.15) is 24.7 Å². The third-order valence-corrected chi connectivity index (χ3v) is 4.20. The van der Waals surface area contributed by atoms with Crippen LogP contribution in [0.15, 0.2) is 53.4 Å². The summed E-state index contributed by atoms with van der Waals surface area (Å²) in [6.45, 7) is 0.245. The molecule has 2 rings (SSSR count). The number of esters is 1. The molecule has 0 bridgehead atoms. The van der Waals surface area contributed by atoms with Gasteiger partial charge < -0.3 is 14.2 Å². The van der Waals surface area contributed by atoms with Crippen LogP contribution in [0.2, 0.25) is 0 Å². The number of rotatable bonds is 8. The largest absolute Gasteiger partial charge is 0.497 e. The second-order valence-electron chi connectivity index (χ2n) is 5.11. The fourth-order valence-electron chi connectivity index (χ4n) is 2.00. The first kappa shape index (κ1) is 18.8. The Morgan fingerprint density at radius 3 is 2.12 bits per heavy atom. The van der Waals surface area contributed by atoms with Crippen LogP contribution in [0.25, 0.3) is 0 Å². The topological polar surface area (TPSA) is 105 Å². The Hall–Kier alpha value is -2.58. The first-order valence-electron chi connectivity index (χ1n) is 7.43. The average molecular weight is 365 g/mol. The van der Waals surface area contributed by atoms with E-state index in [0.29, 0.717) is 5.75 Å². The van der Waals surface area contributed by atoms with Crippen molar-refractivity contribution in [3.8, 4) is 11.5 Å². The molecule has 8 heteroatoms. The minimum atomic E-state index is -3.72. The van der Waals surface area contributed by atoms with E-state index in [0.717, 1.165) is 11.3 Å². The van der Waals surface area contributed by atoms with Crippen molar-refractivity contribution in [2.45, 2.75) is 11.3 Å². The van der Waals surface area contributed by atoms with Crippen LogP contribution in [0.3, 0.4) is 0 Å². The van der Waals surface area contributed by atoms with Gasteiger partial charge in [0.2, 0.25) is 10.0 Å². The number of benzene rings is 2. The Morgan fingerprint density at radius 2 is 1.56 bits per heavy atom. The van der Waals surface area contributed by atoms with E-state index in [-0.39, 0.29) is 30.5 Å². The molecule has 0 aliphatic rings. The van der Waals surface area contributed by atoms with Crippen LogP contribution in [0.4, 0.5) is 0 Å². The zero-order valence-electron chi connectivity index (χ0n) is 13.7. The Balaban J connectivity index is 1.72. The average Bonchev–Trinajstić information content (AvgIpc) is 2.59. The number of hydrogen-bond acceptors (Lipinski definition) is 6. The lowest BCUT2D eigenvalue weighted by Crippen LogP contribution is -2.14. The predicted octanol–water partition coefficient (Wildman–Crippen LogP) is 1.51. The van der Waals surface area contributed by atoms with Gasteiger partial charge in [-0.25, -0.2) is 13.6 Å². The first-order valence-corrected chi connectivity index (χ1v) is 8.97. The van der Waals surface area contributed by atoms with Gasteiger partial charge in [-0.15, -0.1) is 0 Å². The summed E-state index contributed by atoms with van der Waals surface area (Å²) in [4.78, 5) is 11.7. The maximum absolute atomic E-state index is 11.7. The molecule has 0 saturated carbocycles. The highest BCUT2D eigenvalue weighted by molar-refractivity contribution is 7.89. The highest BCUT2D eigenvalue weighted by Gasteiger charge is 2.08. The molecule has 0 unspecified atom stereocenters. The first-order chi connectivity index (χ1) is 11.9. The molecule has 134 valence electrons. The molecule has 0 saturated heterocycles. The molecule has 0 aliphatic heterocycles. The number of carbonyl (C=O) groups is 1. The van der Waals surface area contributed by atoms with Crippen LogP contribution in [-0.4, -0.2) is 34.7 Å². The van der Waals surface area contributed by atoms with E-state index in [1.165, 1.54) is 24.3 Å². The molecule has 0 fully saturated rings. The molecule has 0 atom stereocenters. The third-order valence-electron chi connectivity index (χ3n) is 3.27. The monoisotopic (exact) mass is 365 g/mol. The minimum absolute atomic E-state index is 0.00534. The van der Waals surface area contributed by atoms with Crippen molar-refractivity contribution in [1.82, 2.24) is 0 Å². The molecule has 2 aromatic carbocycles. The quantitative estimate of drug-likeness (QED) is 0.561. The van der Waals surface area contributed by atoms with Crippen molar-refractivity contribution in [3.63, 3.8) is 0 Å². The van der Waals surface area contributed by atoms with E-state index < -0.39 is 10.0 Å². The van der Waals surface area contributed by atoms with Crippen LogP contribution in [0.1, 0.15) is 5.56 Å². The summed E-state index contributed by atoms with van der Waals surface area (Å²) >= 11 is 0. The van der Waals surface area contributed by atoms with E-state index >= 15 is 0 Å². The fraction of sp³-hybridized carbons (Fsp3) is 0.235. The van der Waals surface area contributed by atoms with Crippen LogP contribution in [0, 0.1) is 0 Å². The smallest absolute Gasteiger partial charge is 0.310 e. The Labute approximate surface area is 146 Å². The van der Waals surface area contributed by atoms with Crippen molar-refractivity contribution in [3.05, 3.63) is 54.1 Å².